The van der Waals surface area contributed by atoms with Gasteiger partial charge in [0.15, 0.2) is 5.65 Å². The number of hydrogen-bond donors (Lipinski definition) is 1. The number of aromatic nitrogens is 3. The Morgan fingerprint density at radius 2 is 2.10 bits per heavy atom. The van der Waals surface area contributed by atoms with Gasteiger partial charge >= 0.3 is 0 Å². The van der Waals surface area contributed by atoms with Crippen LogP contribution in [0.15, 0.2) is 42.6 Å². The van der Waals surface area contributed by atoms with Crippen LogP contribution < -0.4 is 10.1 Å². The van der Waals surface area contributed by atoms with Crippen LogP contribution in [-0.4, -0.2) is 70.1 Å². The lowest BCUT2D eigenvalue weighted by Crippen LogP contribution is -2.55. The van der Waals surface area contributed by atoms with E-state index in [-0.39, 0.29) is 5.78 Å². The molecule has 5 rings (SSSR count). The third-order valence-corrected chi connectivity index (χ3v) is 6.08. The molecule has 31 heavy (non-hydrogen) atoms. The van der Waals surface area contributed by atoms with Crippen LogP contribution in [0.25, 0.3) is 5.65 Å². The van der Waals surface area contributed by atoms with Crippen molar-refractivity contribution in [2.75, 3.05) is 45.2 Å². The number of carbonyl (C=O) groups excluding carboxylic acids is 1. The van der Waals surface area contributed by atoms with E-state index in [2.05, 4.69) is 32.2 Å². The summed E-state index contributed by atoms with van der Waals surface area (Å²) >= 11 is 0. The van der Waals surface area contributed by atoms with Crippen LogP contribution in [0.5, 0.6) is 11.6 Å². The van der Waals surface area contributed by atoms with Gasteiger partial charge in [0.05, 0.1) is 12.9 Å². The minimum atomic E-state index is 0.124. The summed E-state index contributed by atoms with van der Waals surface area (Å²) in [5, 5.41) is 7.96. The first-order valence-electron chi connectivity index (χ1n) is 10.7. The Bertz CT molecular complexity index is 1100. The standard InChI is InChI=1S/C23H28N6O2/c1-17(30)10-18-4-3-5-19(11-18)31-22-7-6-21-25-20(12-29(21)26-22)24-16-28-9-8-23(15-28)13-27(2)14-23/h3-7,11-12,24H,8-10,13-16H2,1-2H3. The fraction of sp³-hybridized carbons (Fsp3) is 0.435. The Morgan fingerprint density at radius 3 is 2.90 bits per heavy atom. The molecule has 1 N–H and O–H groups in total. The second kappa shape index (κ2) is 7.94. The number of fused-ring (bicyclic) bond motifs is 1. The maximum absolute atomic E-state index is 11.4. The quantitative estimate of drug-likeness (QED) is 0.630. The van der Waals surface area contributed by atoms with Crippen molar-refractivity contribution in [2.45, 2.75) is 19.8 Å². The number of ketones is 1. The Balaban J connectivity index is 1.22. The first-order chi connectivity index (χ1) is 15.0. The van der Waals surface area contributed by atoms with Crippen molar-refractivity contribution in [2.24, 2.45) is 5.41 Å². The highest BCUT2D eigenvalue weighted by molar-refractivity contribution is 5.78. The van der Waals surface area contributed by atoms with Crippen molar-refractivity contribution in [3.8, 4) is 11.6 Å². The number of anilines is 1. The lowest BCUT2D eigenvalue weighted by molar-refractivity contribution is -0.116. The highest BCUT2D eigenvalue weighted by atomic mass is 16.5. The molecule has 3 aromatic rings. The molecule has 0 bridgehead atoms. The number of ether oxygens (including phenoxy) is 1. The summed E-state index contributed by atoms with van der Waals surface area (Å²) in [4.78, 5) is 20.8. The highest BCUT2D eigenvalue weighted by Crippen LogP contribution is 2.38. The van der Waals surface area contributed by atoms with Crippen LogP contribution in [0.1, 0.15) is 18.9 Å². The molecular formula is C23H28N6O2. The van der Waals surface area contributed by atoms with E-state index in [0.29, 0.717) is 23.5 Å². The van der Waals surface area contributed by atoms with Gasteiger partial charge in [0, 0.05) is 44.1 Å². The summed E-state index contributed by atoms with van der Waals surface area (Å²) in [7, 11) is 2.19. The zero-order valence-corrected chi connectivity index (χ0v) is 18.0. The van der Waals surface area contributed by atoms with Gasteiger partial charge in [0.25, 0.3) is 0 Å². The monoisotopic (exact) mass is 420 g/mol. The molecule has 4 heterocycles. The van der Waals surface area contributed by atoms with Gasteiger partial charge in [-0.2, -0.15) is 0 Å². The van der Waals surface area contributed by atoms with Crippen LogP contribution in [0, 0.1) is 5.41 Å². The molecule has 0 radical (unpaired) electrons. The maximum Gasteiger partial charge on any atom is 0.237 e. The summed E-state index contributed by atoms with van der Waals surface area (Å²) in [6, 6.07) is 11.2. The van der Waals surface area contributed by atoms with Gasteiger partial charge in [-0.25, -0.2) is 9.50 Å². The van der Waals surface area contributed by atoms with E-state index in [9.17, 15) is 4.79 Å². The number of Topliss-reactive ketones (excluding diaryl/α,β-unsaturated/α-hetero) is 1. The second-order valence-electron chi connectivity index (χ2n) is 9.04. The molecule has 162 valence electrons. The number of imidazole rings is 1. The van der Waals surface area contributed by atoms with E-state index in [4.69, 9.17) is 4.74 Å². The van der Waals surface area contributed by atoms with E-state index in [0.717, 1.165) is 36.8 Å². The van der Waals surface area contributed by atoms with E-state index in [1.165, 1.54) is 19.5 Å². The SMILES string of the molecule is CC(=O)Cc1cccc(Oc2ccc3nc(NCN4CCC5(CN(C)C5)C4)cn3n2)c1. The van der Waals surface area contributed by atoms with Gasteiger partial charge in [0.1, 0.15) is 17.4 Å². The van der Waals surface area contributed by atoms with E-state index >= 15 is 0 Å². The Hall–Kier alpha value is -2.97. The molecule has 0 aliphatic carbocycles. The Labute approximate surface area is 181 Å². The van der Waals surface area contributed by atoms with Gasteiger partial charge in [-0.3, -0.25) is 9.69 Å². The fourth-order valence-corrected chi connectivity index (χ4v) is 4.84. The molecule has 8 nitrogen and oxygen atoms in total. The molecule has 0 atom stereocenters. The minimum Gasteiger partial charge on any atom is -0.438 e. The molecule has 2 aromatic heterocycles. The zero-order valence-electron chi connectivity index (χ0n) is 18.0. The van der Waals surface area contributed by atoms with Crippen molar-refractivity contribution >= 4 is 17.2 Å². The number of likely N-dealkylation sites (tertiary alicyclic amines) is 2. The number of hydrogen-bond acceptors (Lipinski definition) is 7. The molecule has 0 unspecified atom stereocenters. The topological polar surface area (TPSA) is 75.0 Å². The van der Waals surface area contributed by atoms with Crippen LogP contribution in [0.3, 0.4) is 0 Å². The molecule has 2 aliphatic rings. The molecule has 1 aromatic carbocycles. The third kappa shape index (κ3) is 4.40. The van der Waals surface area contributed by atoms with Crippen molar-refractivity contribution < 1.29 is 9.53 Å². The predicted molar refractivity (Wildman–Crippen MR) is 118 cm³/mol. The van der Waals surface area contributed by atoms with Crippen LogP contribution >= 0.6 is 0 Å². The molecule has 0 amide bonds. The molecule has 8 heteroatoms. The summed E-state index contributed by atoms with van der Waals surface area (Å²) in [5.74, 6) is 2.07. The Kier molecular flexibility index (Phi) is 5.11. The highest BCUT2D eigenvalue weighted by Gasteiger charge is 2.45. The number of benzene rings is 1. The number of nitrogens with zero attached hydrogens (tertiary/aromatic N) is 5. The third-order valence-electron chi connectivity index (χ3n) is 6.08. The number of carbonyl (C=O) groups is 1. The lowest BCUT2D eigenvalue weighted by Gasteiger charge is -2.46. The second-order valence-corrected chi connectivity index (χ2v) is 9.04. The van der Waals surface area contributed by atoms with E-state index in [1.54, 1.807) is 17.5 Å². The van der Waals surface area contributed by atoms with Crippen molar-refractivity contribution in [1.29, 1.82) is 0 Å². The van der Waals surface area contributed by atoms with Gasteiger partial charge in [-0.1, -0.05) is 12.1 Å². The van der Waals surface area contributed by atoms with Crippen LogP contribution in [0.4, 0.5) is 5.82 Å². The average Bonchev–Trinajstić information content (AvgIpc) is 3.30. The zero-order chi connectivity index (χ0) is 21.4. The number of nitrogens with one attached hydrogen (secondary N) is 1. The van der Waals surface area contributed by atoms with Gasteiger partial charge in [-0.15, -0.1) is 5.10 Å². The average molecular weight is 421 g/mol. The normalized spacial score (nSPS) is 18.4. The molecule has 0 saturated carbocycles. The molecule has 2 fully saturated rings. The smallest absolute Gasteiger partial charge is 0.237 e. The molecule has 1 spiro atoms. The van der Waals surface area contributed by atoms with Gasteiger partial charge in [0.2, 0.25) is 5.88 Å². The predicted octanol–water partition coefficient (Wildman–Crippen LogP) is 2.66. The van der Waals surface area contributed by atoms with E-state index in [1.807, 2.05) is 36.5 Å². The first kappa shape index (κ1) is 20.0. The van der Waals surface area contributed by atoms with Crippen LogP contribution in [0.2, 0.25) is 0 Å². The Morgan fingerprint density at radius 1 is 1.23 bits per heavy atom. The van der Waals surface area contributed by atoms with E-state index < -0.39 is 0 Å². The summed E-state index contributed by atoms with van der Waals surface area (Å²) in [6.45, 7) is 7.08. The molecular weight excluding hydrogens is 392 g/mol. The van der Waals surface area contributed by atoms with Crippen LogP contribution in [-0.2, 0) is 11.2 Å². The largest absolute Gasteiger partial charge is 0.438 e. The van der Waals surface area contributed by atoms with Gasteiger partial charge in [-0.05, 0) is 44.2 Å². The summed E-state index contributed by atoms with van der Waals surface area (Å²) in [6.07, 6.45) is 3.56. The number of rotatable bonds is 7. The molecule has 2 saturated heterocycles. The lowest BCUT2D eigenvalue weighted by atomic mass is 9.80. The maximum atomic E-state index is 11.4. The summed E-state index contributed by atoms with van der Waals surface area (Å²) < 4.78 is 7.63. The van der Waals surface area contributed by atoms with Gasteiger partial charge < -0.3 is 15.0 Å². The summed E-state index contributed by atoms with van der Waals surface area (Å²) in [5.41, 5.74) is 2.20. The molecule has 2 aliphatic heterocycles. The first-order valence-corrected chi connectivity index (χ1v) is 10.7. The van der Waals surface area contributed by atoms with Crippen molar-refractivity contribution in [1.82, 2.24) is 24.4 Å². The minimum absolute atomic E-state index is 0.124. The van der Waals surface area contributed by atoms with Crippen molar-refractivity contribution in [3.05, 3.63) is 48.2 Å². The van der Waals surface area contributed by atoms with Crippen molar-refractivity contribution in [3.63, 3.8) is 0 Å². The fourth-order valence-electron chi connectivity index (χ4n) is 4.84.